The van der Waals surface area contributed by atoms with E-state index in [0.717, 1.165) is 48.2 Å². The number of nitrogens with zero attached hydrogens (tertiary/aromatic N) is 4. The van der Waals surface area contributed by atoms with Crippen LogP contribution in [-0.2, 0) is 53.6 Å². The second-order valence-electron chi connectivity index (χ2n) is 13.1. The molecule has 0 aliphatic carbocycles. The molecule has 4 aromatic carbocycles. The van der Waals surface area contributed by atoms with Crippen LogP contribution in [0, 0.1) is 0 Å². The summed E-state index contributed by atoms with van der Waals surface area (Å²) in [4.78, 5) is 7.04. The zero-order chi connectivity index (χ0) is 39.1. The first kappa shape index (κ1) is 39.4. The summed E-state index contributed by atoms with van der Waals surface area (Å²) in [7, 11) is -17.6. The first-order valence-corrected chi connectivity index (χ1v) is 22.4. The van der Waals surface area contributed by atoms with Crippen LogP contribution in [0.25, 0.3) is 0 Å². The zero-order valence-electron chi connectivity index (χ0n) is 28.6. The molecule has 0 saturated heterocycles. The standard InChI is InChI=1S/C34H38N4O12S4/c39-51(40,41)27-9-5-25(6-10-27)21-37-23-35(31-15-13-29(19-33(31)37)53(45,46)47)17-3-1-2-4-18-36-24-38(22-26-7-11-28(12-8-26)52(42,43)44)34-20-30(54(48,49)50)14-16-32(34)36/h5-16,19-20H,1-4,17-18,21-24H2,(H,39,40,41)(H,42,43,44)(H,45,46,47)(H,48,49,50). The number of hydrogen-bond donors (Lipinski definition) is 4. The van der Waals surface area contributed by atoms with Gasteiger partial charge in [-0.15, -0.1) is 0 Å². The van der Waals surface area contributed by atoms with Crippen molar-refractivity contribution in [3.63, 3.8) is 0 Å². The van der Waals surface area contributed by atoms with Crippen molar-refractivity contribution in [3.8, 4) is 0 Å². The topological polar surface area (TPSA) is 230 Å². The van der Waals surface area contributed by atoms with Gasteiger partial charge in [0.05, 0.1) is 55.7 Å². The molecule has 0 amide bonds. The lowest BCUT2D eigenvalue weighted by molar-refractivity contribution is 0.481. The average molecular weight is 823 g/mol. The summed E-state index contributed by atoms with van der Waals surface area (Å²) < 4.78 is 132. The molecule has 4 N–H and O–H groups in total. The van der Waals surface area contributed by atoms with Crippen LogP contribution < -0.4 is 19.6 Å². The number of benzene rings is 4. The molecular weight excluding hydrogens is 785 g/mol. The van der Waals surface area contributed by atoms with Crippen molar-refractivity contribution in [2.75, 3.05) is 46.0 Å². The zero-order valence-corrected chi connectivity index (χ0v) is 31.9. The van der Waals surface area contributed by atoms with Crippen molar-refractivity contribution in [2.45, 2.75) is 58.4 Å². The average Bonchev–Trinajstić information content (AvgIpc) is 3.61. The van der Waals surface area contributed by atoms with Gasteiger partial charge in [-0.25, -0.2) is 0 Å². The van der Waals surface area contributed by atoms with Gasteiger partial charge < -0.3 is 19.6 Å². The van der Waals surface area contributed by atoms with Crippen LogP contribution >= 0.6 is 0 Å². The van der Waals surface area contributed by atoms with Crippen LogP contribution in [0.1, 0.15) is 36.8 Å². The third kappa shape index (κ3) is 9.15. The summed E-state index contributed by atoms with van der Waals surface area (Å²) in [5.74, 6) is 0. The Bertz CT molecular complexity index is 2310. The van der Waals surface area contributed by atoms with E-state index in [2.05, 4.69) is 9.80 Å². The molecule has 6 rings (SSSR count). The molecular formula is C34H38N4O12S4. The Balaban J connectivity index is 1.07. The number of unbranched alkanes of at least 4 members (excludes halogenated alkanes) is 3. The molecule has 20 heteroatoms. The van der Waals surface area contributed by atoms with Gasteiger partial charge in [-0.2, -0.15) is 33.7 Å². The highest BCUT2D eigenvalue weighted by atomic mass is 32.2. The van der Waals surface area contributed by atoms with E-state index in [0.29, 0.717) is 50.9 Å². The predicted octanol–water partition coefficient (Wildman–Crippen LogP) is 4.50. The van der Waals surface area contributed by atoms with E-state index in [9.17, 15) is 51.9 Å². The normalized spacial score (nSPS) is 14.8. The van der Waals surface area contributed by atoms with Gasteiger partial charge in [0.15, 0.2) is 0 Å². The molecule has 0 saturated carbocycles. The van der Waals surface area contributed by atoms with Gasteiger partial charge in [0.1, 0.15) is 0 Å². The fourth-order valence-electron chi connectivity index (χ4n) is 6.67. The largest absolute Gasteiger partial charge is 0.352 e. The van der Waals surface area contributed by atoms with E-state index < -0.39 is 40.5 Å². The Labute approximate surface area is 314 Å². The predicted molar refractivity (Wildman–Crippen MR) is 200 cm³/mol. The maximum atomic E-state index is 11.9. The molecule has 0 radical (unpaired) electrons. The summed E-state index contributed by atoms with van der Waals surface area (Å²) in [5.41, 5.74) is 4.18. The molecule has 2 aliphatic heterocycles. The Morgan fingerprint density at radius 1 is 0.389 bits per heavy atom. The van der Waals surface area contributed by atoms with Crippen LogP contribution in [0.15, 0.2) is 105 Å². The van der Waals surface area contributed by atoms with Crippen LogP contribution in [-0.4, -0.2) is 78.3 Å². The minimum atomic E-state index is -4.46. The molecule has 0 spiro atoms. The molecule has 54 heavy (non-hydrogen) atoms. The smallest absolute Gasteiger partial charge is 0.294 e. The van der Waals surface area contributed by atoms with Crippen LogP contribution in [0.3, 0.4) is 0 Å². The van der Waals surface area contributed by atoms with Crippen molar-refractivity contribution in [2.24, 2.45) is 0 Å². The Hall–Kier alpha value is -4.28. The maximum Gasteiger partial charge on any atom is 0.294 e. The molecule has 0 atom stereocenters. The fourth-order valence-corrected chi connectivity index (χ4v) is 8.63. The third-order valence-electron chi connectivity index (χ3n) is 9.33. The van der Waals surface area contributed by atoms with Gasteiger partial charge in [-0.1, -0.05) is 37.1 Å². The molecule has 16 nitrogen and oxygen atoms in total. The van der Waals surface area contributed by atoms with Crippen molar-refractivity contribution in [3.05, 3.63) is 96.1 Å². The van der Waals surface area contributed by atoms with Crippen molar-refractivity contribution in [1.82, 2.24) is 0 Å². The van der Waals surface area contributed by atoms with E-state index >= 15 is 0 Å². The van der Waals surface area contributed by atoms with Crippen molar-refractivity contribution >= 4 is 63.2 Å². The minimum absolute atomic E-state index is 0.243. The fraction of sp³-hybridized carbons (Fsp3) is 0.294. The van der Waals surface area contributed by atoms with Crippen LogP contribution in [0.2, 0.25) is 0 Å². The monoisotopic (exact) mass is 822 g/mol. The van der Waals surface area contributed by atoms with Gasteiger partial charge in [-0.3, -0.25) is 18.2 Å². The lowest BCUT2D eigenvalue weighted by Crippen LogP contribution is -2.31. The second kappa shape index (κ2) is 15.1. The molecule has 2 aliphatic rings. The number of hydrogen-bond acceptors (Lipinski definition) is 12. The van der Waals surface area contributed by atoms with E-state index in [1.165, 1.54) is 48.5 Å². The maximum absolute atomic E-state index is 11.9. The van der Waals surface area contributed by atoms with E-state index in [-0.39, 0.29) is 19.6 Å². The van der Waals surface area contributed by atoms with Gasteiger partial charge in [-0.05, 0) is 84.6 Å². The number of rotatable bonds is 15. The molecule has 0 bridgehead atoms. The lowest BCUT2D eigenvalue weighted by Gasteiger charge is -2.23. The molecule has 290 valence electrons. The summed E-state index contributed by atoms with van der Waals surface area (Å²) in [5, 5.41) is 0. The first-order valence-electron chi connectivity index (χ1n) is 16.6. The molecule has 2 heterocycles. The SMILES string of the molecule is O=S(=O)(O)c1ccc(CN2CN(CCCCCCN3CN(Cc4ccc(S(=O)(=O)O)cc4)c4cc(S(=O)(=O)O)ccc43)c3ccc(S(=O)(=O)O)cc32)cc1. The van der Waals surface area contributed by atoms with Crippen LogP contribution in [0.5, 0.6) is 0 Å². The van der Waals surface area contributed by atoms with Gasteiger partial charge in [0.2, 0.25) is 0 Å². The highest BCUT2D eigenvalue weighted by Crippen LogP contribution is 2.40. The Morgan fingerprint density at radius 2 is 0.704 bits per heavy atom. The summed E-state index contributed by atoms with van der Waals surface area (Å²) >= 11 is 0. The first-order chi connectivity index (χ1) is 25.3. The quantitative estimate of drug-likeness (QED) is 0.0955. The summed E-state index contributed by atoms with van der Waals surface area (Å²) in [6, 6.07) is 20.2. The van der Waals surface area contributed by atoms with Gasteiger partial charge >= 0.3 is 0 Å². The molecule has 0 aromatic heterocycles. The van der Waals surface area contributed by atoms with E-state index in [1.807, 2.05) is 9.80 Å². The molecule has 0 unspecified atom stereocenters. The van der Waals surface area contributed by atoms with E-state index in [4.69, 9.17) is 0 Å². The van der Waals surface area contributed by atoms with Gasteiger partial charge in [0, 0.05) is 26.2 Å². The minimum Gasteiger partial charge on any atom is -0.352 e. The summed E-state index contributed by atoms with van der Waals surface area (Å²) in [6.45, 7) is 2.72. The van der Waals surface area contributed by atoms with Crippen molar-refractivity contribution < 1.29 is 51.9 Å². The molecule has 4 aromatic rings. The highest BCUT2D eigenvalue weighted by molar-refractivity contribution is 7.86. The number of fused-ring (bicyclic) bond motifs is 2. The lowest BCUT2D eigenvalue weighted by atomic mass is 10.1. The number of anilines is 4. The van der Waals surface area contributed by atoms with E-state index in [1.54, 1.807) is 36.4 Å². The summed E-state index contributed by atoms with van der Waals surface area (Å²) in [6.07, 6.45) is 3.32. The van der Waals surface area contributed by atoms with Gasteiger partial charge in [0.25, 0.3) is 40.5 Å². The highest BCUT2D eigenvalue weighted by Gasteiger charge is 2.29. The second-order valence-corrected chi connectivity index (χ2v) is 18.8. The van der Waals surface area contributed by atoms with Crippen LogP contribution in [0.4, 0.5) is 22.7 Å². The van der Waals surface area contributed by atoms with Crippen molar-refractivity contribution in [1.29, 1.82) is 0 Å². The molecule has 0 fully saturated rings. The Morgan fingerprint density at radius 3 is 1.02 bits per heavy atom. The Kier molecular flexibility index (Phi) is 11.0. The third-order valence-corrected chi connectivity index (χ3v) is 12.8.